The molecule has 184 valence electrons. The normalized spacial score (nSPS) is 16.5. The van der Waals surface area contributed by atoms with Gasteiger partial charge in [0.25, 0.3) is 0 Å². The van der Waals surface area contributed by atoms with Crippen LogP contribution >= 0.6 is 11.3 Å². The van der Waals surface area contributed by atoms with Gasteiger partial charge in [0.05, 0.1) is 31.1 Å². The Morgan fingerprint density at radius 2 is 1.83 bits per heavy atom. The molecule has 2 aromatic carbocycles. The van der Waals surface area contributed by atoms with E-state index in [4.69, 9.17) is 4.74 Å². The van der Waals surface area contributed by atoms with Gasteiger partial charge >= 0.3 is 6.03 Å². The highest BCUT2D eigenvalue weighted by Gasteiger charge is 2.36. The summed E-state index contributed by atoms with van der Waals surface area (Å²) >= 11 is 1.91. The number of nitrogens with zero attached hydrogens (tertiary/aromatic N) is 2. The van der Waals surface area contributed by atoms with E-state index in [1.165, 1.54) is 39.4 Å². The highest BCUT2D eigenvalue weighted by molar-refractivity contribution is 7.15. The highest BCUT2D eigenvalue weighted by Crippen LogP contribution is 2.44. The first-order valence-corrected chi connectivity index (χ1v) is 13.4. The minimum absolute atomic E-state index is 0.123. The lowest BCUT2D eigenvalue weighted by Crippen LogP contribution is -2.38. The third kappa shape index (κ3) is 3.90. The lowest BCUT2D eigenvalue weighted by molar-refractivity contribution is 0.194. The van der Waals surface area contributed by atoms with Crippen LogP contribution in [0.2, 0.25) is 0 Å². The van der Waals surface area contributed by atoms with Crippen LogP contribution in [-0.4, -0.2) is 22.6 Å². The molecule has 2 amide bonds. The van der Waals surface area contributed by atoms with E-state index < -0.39 is 0 Å². The lowest BCUT2D eigenvalue weighted by atomic mass is 9.95. The van der Waals surface area contributed by atoms with E-state index in [2.05, 4.69) is 59.4 Å². The fourth-order valence-corrected chi connectivity index (χ4v) is 7.09. The Morgan fingerprint density at radius 1 is 1.00 bits per heavy atom. The first kappa shape index (κ1) is 22.9. The summed E-state index contributed by atoms with van der Waals surface area (Å²) in [4.78, 5) is 17.6. The predicted octanol–water partition coefficient (Wildman–Crippen LogP) is 7.18. The maximum Gasteiger partial charge on any atom is 0.323 e. The maximum absolute atomic E-state index is 14.2. The number of urea groups is 1. The number of aryl methyl sites for hydroxylation is 3. The van der Waals surface area contributed by atoms with Gasteiger partial charge in [-0.15, -0.1) is 11.3 Å². The number of aromatic nitrogens is 1. The Hall–Kier alpha value is -3.51. The quantitative estimate of drug-likeness (QED) is 0.326. The Labute approximate surface area is 216 Å². The molecule has 1 atom stereocenters. The van der Waals surface area contributed by atoms with E-state index in [0.29, 0.717) is 18.0 Å². The Balaban J connectivity index is 1.50. The number of carbonyl (C=O) groups is 1. The molecule has 1 N–H and O–H groups in total. The number of rotatable bonds is 3. The smallest absolute Gasteiger partial charge is 0.323 e. The molecule has 1 aliphatic carbocycles. The summed E-state index contributed by atoms with van der Waals surface area (Å²) in [7, 11) is 1.64. The molecule has 6 rings (SSSR count). The van der Waals surface area contributed by atoms with Gasteiger partial charge in [0.1, 0.15) is 10.8 Å². The SMILES string of the molecule is COc1ccc(C)cc1NC(=O)N1Cc2c(sc3c2CCCC3)-n2cccc2[C@H]1c1cccc(C)c1. The van der Waals surface area contributed by atoms with E-state index >= 15 is 0 Å². The van der Waals surface area contributed by atoms with Crippen molar-refractivity contribution in [2.45, 2.75) is 52.1 Å². The van der Waals surface area contributed by atoms with Gasteiger partial charge in [0, 0.05) is 16.6 Å². The molecule has 0 bridgehead atoms. The molecule has 0 saturated carbocycles. The third-order valence-electron chi connectivity index (χ3n) is 7.39. The van der Waals surface area contributed by atoms with Gasteiger partial charge in [-0.2, -0.15) is 0 Å². The lowest BCUT2D eigenvalue weighted by Gasteiger charge is -2.32. The Kier molecular flexibility index (Phi) is 5.84. The van der Waals surface area contributed by atoms with Crippen molar-refractivity contribution in [3.8, 4) is 10.8 Å². The Morgan fingerprint density at radius 3 is 2.67 bits per heavy atom. The van der Waals surface area contributed by atoms with Gasteiger partial charge in [-0.1, -0.05) is 35.9 Å². The Bertz CT molecular complexity index is 1450. The molecule has 36 heavy (non-hydrogen) atoms. The zero-order valence-corrected chi connectivity index (χ0v) is 21.8. The molecule has 0 fully saturated rings. The predicted molar refractivity (Wildman–Crippen MR) is 146 cm³/mol. The minimum atomic E-state index is -0.213. The molecular formula is C30H31N3O2S. The summed E-state index contributed by atoms with van der Waals surface area (Å²) in [6.07, 6.45) is 6.84. The topological polar surface area (TPSA) is 46.5 Å². The summed E-state index contributed by atoms with van der Waals surface area (Å²) in [6, 6.07) is 18.3. The number of hydrogen-bond donors (Lipinski definition) is 1. The number of amides is 2. The van der Waals surface area contributed by atoms with Crippen LogP contribution in [0, 0.1) is 13.8 Å². The van der Waals surface area contributed by atoms with Crippen molar-refractivity contribution in [2.24, 2.45) is 0 Å². The van der Waals surface area contributed by atoms with E-state index in [1.807, 2.05) is 41.4 Å². The molecular weight excluding hydrogens is 466 g/mol. The van der Waals surface area contributed by atoms with Crippen LogP contribution in [0.5, 0.6) is 5.75 Å². The molecule has 0 radical (unpaired) electrons. The number of benzene rings is 2. The van der Waals surface area contributed by atoms with Crippen LogP contribution in [0.4, 0.5) is 10.5 Å². The molecule has 0 unspecified atom stereocenters. The standard InChI is InChI=1S/C30H31N3O2S/c1-19-8-6-9-21(16-19)28-25-11-7-15-32(25)29-23(22-10-4-5-12-27(22)36-29)18-33(28)30(34)31-24-17-20(2)13-14-26(24)35-3/h6-9,11,13-17,28H,4-5,10,12,18H2,1-3H3,(H,31,34)/t28-/m1/s1. The van der Waals surface area contributed by atoms with Crippen molar-refractivity contribution in [1.29, 1.82) is 0 Å². The molecule has 0 spiro atoms. The third-order valence-corrected chi connectivity index (χ3v) is 8.73. The molecule has 4 aromatic rings. The van der Waals surface area contributed by atoms with E-state index in [0.717, 1.165) is 29.7 Å². The zero-order valence-electron chi connectivity index (χ0n) is 21.0. The molecule has 6 heteroatoms. The summed E-state index contributed by atoms with van der Waals surface area (Å²) in [5, 5.41) is 4.46. The number of nitrogens with one attached hydrogen (secondary N) is 1. The average Bonchev–Trinajstić information content (AvgIpc) is 3.46. The van der Waals surface area contributed by atoms with Crippen molar-refractivity contribution in [1.82, 2.24) is 9.47 Å². The number of methoxy groups -OCH3 is 1. The first-order valence-electron chi connectivity index (χ1n) is 12.6. The zero-order chi connectivity index (χ0) is 24.8. The fraction of sp³-hybridized carbons (Fsp3) is 0.300. The van der Waals surface area contributed by atoms with Crippen molar-refractivity contribution >= 4 is 23.1 Å². The maximum atomic E-state index is 14.2. The van der Waals surface area contributed by atoms with Crippen molar-refractivity contribution in [3.05, 3.63) is 99.2 Å². The van der Waals surface area contributed by atoms with E-state index in [-0.39, 0.29) is 12.1 Å². The minimum Gasteiger partial charge on any atom is -0.495 e. The largest absolute Gasteiger partial charge is 0.495 e. The van der Waals surface area contributed by atoms with Crippen LogP contribution in [-0.2, 0) is 19.4 Å². The molecule has 5 nitrogen and oxygen atoms in total. The molecule has 1 aliphatic heterocycles. The van der Waals surface area contributed by atoms with Gasteiger partial charge < -0.3 is 19.5 Å². The van der Waals surface area contributed by atoms with E-state index in [1.54, 1.807) is 7.11 Å². The van der Waals surface area contributed by atoms with Gasteiger partial charge in [-0.05, 0) is 80.5 Å². The number of carbonyl (C=O) groups excluding carboxylic acids is 1. The fourth-order valence-electron chi connectivity index (χ4n) is 5.68. The van der Waals surface area contributed by atoms with E-state index in [9.17, 15) is 4.79 Å². The van der Waals surface area contributed by atoms with Gasteiger partial charge in [0.2, 0.25) is 0 Å². The first-order chi connectivity index (χ1) is 17.5. The monoisotopic (exact) mass is 497 g/mol. The van der Waals surface area contributed by atoms with Crippen molar-refractivity contribution in [2.75, 3.05) is 12.4 Å². The molecule has 2 aliphatic rings. The molecule has 3 heterocycles. The summed E-state index contributed by atoms with van der Waals surface area (Å²) < 4.78 is 7.89. The number of fused-ring (bicyclic) bond motifs is 5. The van der Waals surface area contributed by atoms with Crippen molar-refractivity contribution < 1.29 is 9.53 Å². The van der Waals surface area contributed by atoms with Gasteiger partial charge in [0.15, 0.2) is 0 Å². The summed E-state index contributed by atoms with van der Waals surface area (Å²) in [5.41, 5.74) is 7.93. The van der Waals surface area contributed by atoms with Crippen LogP contribution < -0.4 is 10.1 Å². The second-order valence-corrected chi connectivity index (χ2v) is 11.0. The summed E-state index contributed by atoms with van der Waals surface area (Å²) in [5.74, 6) is 0.660. The highest BCUT2D eigenvalue weighted by atomic mass is 32.1. The summed E-state index contributed by atoms with van der Waals surface area (Å²) in [6.45, 7) is 4.70. The van der Waals surface area contributed by atoms with Crippen LogP contribution in [0.25, 0.3) is 5.00 Å². The van der Waals surface area contributed by atoms with Gasteiger partial charge in [-0.3, -0.25) is 0 Å². The average molecular weight is 498 g/mol. The van der Waals surface area contributed by atoms with Crippen LogP contribution in [0.3, 0.4) is 0 Å². The van der Waals surface area contributed by atoms with Crippen molar-refractivity contribution in [3.63, 3.8) is 0 Å². The number of hydrogen-bond acceptors (Lipinski definition) is 3. The van der Waals surface area contributed by atoms with Crippen LogP contribution in [0.15, 0.2) is 60.8 Å². The molecule has 0 saturated heterocycles. The second kappa shape index (κ2) is 9.17. The van der Waals surface area contributed by atoms with Gasteiger partial charge in [-0.25, -0.2) is 4.79 Å². The molecule has 2 aromatic heterocycles. The second-order valence-electron chi connectivity index (χ2n) is 9.88. The van der Waals surface area contributed by atoms with Crippen LogP contribution in [0.1, 0.15) is 57.3 Å². The number of ether oxygens (including phenoxy) is 1. The number of thiophene rings is 1. The number of anilines is 1.